The number of fused-ring (bicyclic) bond motifs is 1. The summed E-state index contributed by atoms with van der Waals surface area (Å²) in [7, 11) is 1.62. The highest BCUT2D eigenvalue weighted by Crippen LogP contribution is 2.29. The number of hydrogen-bond acceptors (Lipinski definition) is 6. The number of hydrogen-bond donors (Lipinski definition) is 1. The SMILES string of the molecule is CNC(=O)c1cnn2c(C3CCN(Cc4cncs4)C3)ccnc12. The van der Waals surface area contributed by atoms with Crippen LogP contribution in [-0.4, -0.2) is 50.5 Å². The first kappa shape index (κ1) is 15.2. The average Bonchev–Trinajstić information content (AvgIpc) is 3.34. The predicted molar refractivity (Wildman–Crippen MR) is 91.1 cm³/mol. The summed E-state index contributed by atoms with van der Waals surface area (Å²) >= 11 is 1.69. The quantitative estimate of drug-likeness (QED) is 0.778. The molecule has 0 bridgehead atoms. The first-order valence-electron chi connectivity index (χ1n) is 7.90. The van der Waals surface area contributed by atoms with Crippen molar-refractivity contribution >= 4 is 22.9 Å². The van der Waals surface area contributed by atoms with E-state index in [1.807, 2.05) is 22.3 Å². The molecular formula is C16H18N6OS. The third kappa shape index (κ3) is 2.67. The van der Waals surface area contributed by atoms with Crippen molar-refractivity contribution in [2.75, 3.05) is 20.1 Å². The summed E-state index contributed by atoms with van der Waals surface area (Å²) in [4.78, 5) is 24.1. The standard InChI is InChI=1S/C16H18N6OS/c1-17-16(23)13-7-20-22-14(2-4-19-15(13)22)11-3-5-21(8-11)9-12-6-18-10-24-12/h2,4,6-7,10-11H,3,5,8-9H2,1H3,(H,17,23). The van der Waals surface area contributed by atoms with Gasteiger partial charge in [-0.05, 0) is 19.0 Å². The maximum Gasteiger partial charge on any atom is 0.256 e. The number of amides is 1. The lowest BCUT2D eigenvalue weighted by Crippen LogP contribution is -2.20. The normalized spacial score (nSPS) is 18.3. The van der Waals surface area contributed by atoms with Crippen molar-refractivity contribution in [3.05, 3.63) is 46.3 Å². The van der Waals surface area contributed by atoms with E-state index in [0.717, 1.165) is 31.7 Å². The van der Waals surface area contributed by atoms with E-state index in [9.17, 15) is 4.79 Å². The molecule has 0 aromatic carbocycles. The molecule has 3 aromatic heterocycles. The van der Waals surface area contributed by atoms with Crippen molar-refractivity contribution in [2.45, 2.75) is 18.9 Å². The number of thiazole rings is 1. The molecule has 0 spiro atoms. The van der Waals surface area contributed by atoms with Crippen LogP contribution in [0.5, 0.6) is 0 Å². The third-order valence-electron chi connectivity index (χ3n) is 4.46. The van der Waals surface area contributed by atoms with Crippen LogP contribution in [0.1, 0.15) is 33.3 Å². The number of aromatic nitrogens is 4. The van der Waals surface area contributed by atoms with E-state index < -0.39 is 0 Å². The number of carbonyl (C=O) groups is 1. The molecular weight excluding hydrogens is 324 g/mol. The summed E-state index contributed by atoms with van der Waals surface area (Å²) in [6.07, 6.45) is 6.37. The van der Waals surface area contributed by atoms with Crippen LogP contribution in [0.15, 0.2) is 30.2 Å². The van der Waals surface area contributed by atoms with Gasteiger partial charge in [0.2, 0.25) is 0 Å². The Labute approximate surface area is 143 Å². The first-order valence-corrected chi connectivity index (χ1v) is 8.78. The Hall–Kier alpha value is -2.32. The van der Waals surface area contributed by atoms with E-state index in [1.165, 1.54) is 4.88 Å². The molecule has 4 rings (SSSR count). The molecule has 1 fully saturated rings. The summed E-state index contributed by atoms with van der Waals surface area (Å²) < 4.78 is 1.81. The molecule has 8 heteroatoms. The molecule has 124 valence electrons. The Kier molecular flexibility index (Phi) is 3.99. The summed E-state index contributed by atoms with van der Waals surface area (Å²) in [6.45, 7) is 2.97. The smallest absolute Gasteiger partial charge is 0.256 e. The van der Waals surface area contributed by atoms with Crippen molar-refractivity contribution in [3.63, 3.8) is 0 Å². The lowest BCUT2D eigenvalue weighted by Gasteiger charge is -2.15. The largest absolute Gasteiger partial charge is 0.355 e. The van der Waals surface area contributed by atoms with Crippen LogP contribution < -0.4 is 5.32 Å². The van der Waals surface area contributed by atoms with Crippen LogP contribution in [0.3, 0.4) is 0 Å². The van der Waals surface area contributed by atoms with Crippen LogP contribution in [0.25, 0.3) is 5.65 Å². The molecule has 1 saturated heterocycles. The lowest BCUT2D eigenvalue weighted by molar-refractivity contribution is 0.0964. The molecule has 1 N–H and O–H groups in total. The third-order valence-corrected chi connectivity index (χ3v) is 5.22. The van der Waals surface area contributed by atoms with Gasteiger partial charge in [0.15, 0.2) is 5.65 Å². The fourth-order valence-corrected chi connectivity index (χ4v) is 3.91. The minimum absolute atomic E-state index is 0.159. The molecule has 1 atom stereocenters. The van der Waals surface area contributed by atoms with Gasteiger partial charge >= 0.3 is 0 Å². The van der Waals surface area contributed by atoms with Gasteiger partial charge < -0.3 is 5.32 Å². The molecule has 0 radical (unpaired) electrons. The van der Waals surface area contributed by atoms with Gasteiger partial charge in [0.1, 0.15) is 5.56 Å². The Morgan fingerprint density at radius 2 is 2.38 bits per heavy atom. The van der Waals surface area contributed by atoms with Crippen molar-refractivity contribution in [1.82, 2.24) is 29.8 Å². The fraction of sp³-hybridized carbons (Fsp3) is 0.375. The molecule has 0 aliphatic carbocycles. The van der Waals surface area contributed by atoms with Crippen molar-refractivity contribution < 1.29 is 4.79 Å². The van der Waals surface area contributed by atoms with E-state index in [2.05, 4.69) is 25.3 Å². The molecule has 24 heavy (non-hydrogen) atoms. The number of nitrogens with zero attached hydrogens (tertiary/aromatic N) is 5. The lowest BCUT2D eigenvalue weighted by atomic mass is 10.0. The van der Waals surface area contributed by atoms with Gasteiger partial charge in [-0.15, -0.1) is 11.3 Å². The van der Waals surface area contributed by atoms with Gasteiger partial charge in [-0.1, -0.05) is 0 Å². The zero-order chi connectivity index (χ0) is 16.5. The number of likely N-dealkylation sites (tertiary alicyclic amines) is 1. The first-order chi connectivity index (χ1) is 11.8. The fourth-order valence-electron chi connectivity index (χ4n) is 3.27. The van der Waals surface area contributed by atoms with Crippen molar-refractivity contribution in [2.24, 2.45) is 0 Å². The van der Waals surface area contributed by atoms with Gasteiger partial charge in [0.25, 0.3) is 5.91 Å². The maximum atomic E-state index is 11.9. The predicted octanol–water partition coefficient (Wildman–Crippen LogP) is 1.53. The monoisotopic (exact) mass is 342 g/mol. The summed E-state index contributed by atoms with van der Waals surface area (Å²) in [5.41, 5.74) is 4.12. The van der Waals surface area contributed by atoms with Crippen LogP contribution in [0.4, 0.5) is 0 Å². The van der Waals surface area contributed by atoms with Crippen LogP contribution >= 0.6 is 11.3 Å². The average molecular weight is 342 g/mol. The van der Waals surface area contributed by atoms with Crippen LogP contribution in [0.2, 0.25) is 0 Å². The zero-order valence-electron chi connectivity index (χ0n) is 13.3. The number of carbonyl (C=O) groups excluding carboxylic acids is 1. The van der Waals surface area contributed by atoms with E-state index in [-0.39, 0.29) is 5.91 Å². The summed E-state index contributed by atoms with van der Waals surface area (Å²) in [5, 5.41) is 7.03. The minimum atomic E-state index is -0.159. The Bertz CT molecular complexity index is 859. The van der Waals surface area contributed by atoms with Gasteiger partial charge in [-0.25, -0.2) is 9.50 Å². The summed E-state index contributed by atoms with van der Waals surface area (Å²) in [6, 6.07) is 2.01. The van der Waals surface area contributed by atoms with E-state index in [4.69, 9.17) is 0 Å². The van der Waals surface area contributed by atoms with Crippen molar-refractivity contribution in [1.29, 1.82) is 0 Å². The summed E-state index contributed by atoms with van der Waals surface area (Å²) in [5.74, 6) is 0.230. The van der Waals surface area contributed by atoms with Crippen molar-refractivity contribution in [3.8, 4) is 0 Å². The Morgan fingerprint density at radius 3 is 3.17 bits per heavy atom. The number of nitrogens with one attached hydrogen (secondary N) is 1. The molecule has 0 saturated carbocycles. The molecule has 1 amide bonds. The number of rotatable bonds is 4. The molecule has 1 unspecified atom stereocenters. The van der Waals surface area contributed by atoms with Gasteiger partial charge in [0.05, 0.1) is 17.4 Å². The second-order valence-electron chi connectivity index (χ2n) is 5.93. The van der Waals surface area contributed by atoms with E-state index >= 15 is 0 Å². The zero-order valence-corrected chi connectivity index (χ0v) is 14.2. The van der Waals surface area contributed by atoms with Crippen LogP contribution in [-0.2, 0) is 6.54 Å². The molecule has 1 aliphatic rings. The second kappa shape index (κ2) is 6.29. The highest BCUT2D eigenvalue weighted by Gasteiger charge is 2.27. The van der Waals surface area contributed by atoms with Gasteiger partial charge in [-0.3, -0.25) is 14.7 Å². The Morgan fingerprint density at radius 1 is 1.46 bits per heavy atom. The molecule has 1 aliphatic heterocycles. The maximum absolute atomic E-state index is 11.9. The molecule has 4 heterocycles. The highest BCUT2D eigenvalue weighted by molar-refractivity contribution is 7.09. The van der Waals surface area contributed by atoms with E-state index in [0.29, 0.717) is 17.1 Å². The van der Waals surface area contributed by atoms with E-state index in [1.54, 1.807) is 30.8 Å². The van der Waals surface area contributed by atoms with Crippen LogP contribution in [0, 0.1) is 0 Å². The van der Waals surface area contributed by atoms with Gasteiger partial charge in [0, 0.05) is 43.3 Å². The topological polar surface area (TPSA) is 75.4 Å². The van der Waals surface area contributed by atoms with Gasteiger partial charge in [-0.2, -0.15) is 5.10 Å². The Balaban J connectivity index is 1.58. The minimum Gasteiger partial charge on any atom is -0.355 e. The highest BCUT2D eigenvalue weighted by atomic mass is 32.1. The molecule has 3 aromatic rings. The second-order valence-corrected chi connectivity index (χ2v) is 6.90. The molecule has 7 nitrogen and oxygen atoms in total.